The van der Waals surface area contributed by atoms with Crippen molar-refractivity contribution in [3.63, 3.8) is 0 Å². The average molecular weight is 345 g/mol. The Morgan fingerprint density at radius 1 is 1.14 bits per heavy atom. The minimum atomic E-state index is -0.268. The lowest BCUT2D eigenvalue weighted by molar-refractivity contribution is 0.621. The molecule has 0 aliphatic rings. The fourth-order valence-corrected chi connectivity index (χ4v) is 2.59. The van der Waals surface area contributed by atoms with Gasteiger partial charge in [0.1, 0.15) is 5.82 Å². The number of nitrogens with zero attached hydrogens (tertiary/aromatic N) is 1. The molecule has 3 rings (SSSR count). The number of benzene rings is 2. The van der Waals surface area contributed by atoms with Crippen molar-refractivity contribution >= 4 is 32.5 Å². The van der Waals surface area contributed by atoms with Gasteiger partial charge in [-0.3, -0.25) is 4.98 Å². The zero-order valence-electron chi connectivity index (χ0n) is 11.5. The molecule has 21 heavy (non-hydrogen) atoms. The molecule has 0 amide bonds. The molecule has 0 bridgehead atoms. The molecule has 1 N–H and O–H groups in total. The molecule has 0 atom stereocenters. The van der Waals surface area contributed by atoms with Crippen molar-refractivity contribution in [2.24, 2.45) is 0 Å². The molecule has 4 heteroatoms. The number of hydrogen-bond donors (Lipinski definition) is 1. The first-order chi connectivity index (χ1) is 10.1. The van der Waals surface area contributed by atoms with Crippen molar-refractivity contribution in [3.05, 3.63) is 70.1 Å². The van der Waals surface area contributed by atoms with Crippen LogP contribution in [0, 0.1) is 12.7 Å². The summed E-state index contributed by atoms with van der Waals surface area (Å²) in [6.07, 6.45) is 0. The Kier molecular flexibility index (Phi) is 3.88. The van der Waals surface area contributed by atoms with Crippen LogP contribution in [0.25, 0.3) is 10.9 Å². The molecule has 2 aromatic carbocycles. The smallest absolute Gasteiger partial charge is 0.139 e. The highest BCUT2D eigenvalue weighted by Gasteiger charge is 2.05. The van der Waals surface area contributed by atoms with Gasteiger partial charge in [0.2, 0.25) is 0 Å². The summed E-state index contributed by atoms with van der Waals surface area (Å²) in [6.45, 7) is 2.61. The highest BCUT2D eigenvalue weighted by Crippen LogP contribution is 2.22. The number of halogens is 2. The molecule has 0 saturated heterocycles. The third kappa shape index (κ3) is 3.05. The molecule has 0 aliphatic carbocycles. The van der Waals surface area contributed by atoms with Gasteiger partial charge in [0, 0.05) is 23.3 Å². The monoisotopic (exact) mass is 344 g/mol. The summed E-state index contributed by atoms with van der Waals surface area (Å²) in [5.41, 5.74) is 3.87. The maximum absolute atomic E-state index is 13.5. The zero-order valence-corrected chi connectivity index (χ0v) is 13.1. The number of anilines is 1. The largest absolute Gasteiger partial charge is 0.381 e. The second-order valence-electron chi connectivity index (χ2n) is 4.92. The maximum Gasteiger partial charge on any atom is 0.139 e. The molecular weight excluding hydrogens is 331 g/mol. The van der Waals surface area contributed by atoms with Crippen molar-refractivity contribution in [2.45, 2.75) is 13.5 Å². The van der Waals surface area contributed by atoms with Crippen LogP contribution in [-0.4, -0.2) is 4.98 Å². The van der Waals surface area contributed by atoms with Crippen molar-refractivity contribution < 1.29 is 4.39 Å². The van der Waals surface area contributed by atoms with Gasteiger partial charge in [-0.25, -0.2) is 4.39 Å². The number of para-hydroxylation sites is 1. The van der Waals surface area contributed by atoms with E-state index < -0.39 is 0 Å². The maximum atomic E-state index is 13.5. The van der Waals surface area contributed by atoms with Crippen LogP contribution in [0.2, 0.25) is 0 Å². The number of rotatable bonds is 3. The number of aromatic nitrogens is 1. The van der Waals surface area contributed by atoms with E-state index in [-0.39, 0.29) is 5.82 Å². The second-order valence-corrected chi connectivity index (χ2v) is 5.78. The molecule has 106 valence electrons. The van der Waals surface area contributed by atoms with E-state index in [0.29, 0.717) is 11.0 Å². The SMILES string of the molecule is Cc1cc(CNc2ccc(Br)c(F)c2)c2ccccc2n1. The number of hydrogen-bond acceptors (Lipinski definition) is 2. The minimum Gasteiger partial charge on any atom is -0.381 e. The van der Waals surface area contributed by atoms with Gasteiger partial charge in [0.25, 0.3) is 0 Å². The van der Waals surface area contributed by atoms with E-state index in [9.17, 15) is 4.39 Å². The first-order valence-electron chi connectivity index (χ1n) is 6.68. The van der Waals surface area contributed by atoms with E-state index in [4.69, 9.17) is 0 Å². The van der Waals surface area contributed by atoms with E-state index in [0.717, 1.165) is 27.8 Å². The summed E-state index contributed by atoms with van der Waals surface area (Å²) in [7, 11) is 0. The van der Waals surface area contributed by atoms with Crippen LogP contribution in [0.4, 0.5) is 10.1 Å². The Bertz CT molecular complexity index is 802. The molecule has 0 saturated carbocycles. The summed E-state index contributed by atoms with van der Waals surface area (Å²) in [5.74, 6) is -0.268. The summed E-state index contributed by atoms with van der Waals surface area (Å²) in [4.78, 5) is 4.52. The van der Waals surface area contributed by atoms with Crippen LogP contribution in [0.5, 0.6) is 0 Å². The third-order valence-corrected chi connectivity index (χ3v) is 3.98. The minimum absolute atomic E-state index is 0.268. The van der Waals surface area contributed by atoms with Gasteiger partial charge in [-0.05, 0) is 58.7 Å². The van der Waals surface area contributed by atoms with Crippen molar-refractivity contribution in [2.75, 3.05) is 5.32 Å². The Balaban J connectivity index is 1.89. The van der Waals surface area contributed by atoms with E-state index in [2.05, 4.69) is 38.4 Å². The van der Waals surface area contributed by atoms with Crippen LogP contribution < -0.4 is 5.32 Å². The van der Waals surface area contributed by atoms with Gasteiger partial charge in [0.05, 0.1) is 9.99 Å². The fraction of sp³-hybridized carbons (Fsp3) is 0.118. The number of aryl methyl sites for hydroxylation is 1. The Hall–Kier alpha value is -1.94. The molecule has 2 nitrogen and oxygen atoms in total. The second kappa shape index (κ2) is 5.82. The van der Waals surface area contributed by atoms with Crippen molar-refractivity contribution in [3.8, 4) is 0 Å². The molecule has 1 heterocycles. The van der Waals surface area contributed by atoms with Crippen LogP contribution in [0.15, 0.2) is 53.0 Å². The standard InChI is InChI=1S/C17H14BrFN2/c1-11-8-12(14-4-2-3-5-17(14)21-11)10-20-13-6-7-15(18)16(19)9-13/h2-9,20H,10H2,1H3. The van der Waals surface area contributed by atoms with Crippen molar-refractivity contribution in [1.82, 2.24) is 4.98 Å². The van der Waals surface area contributed by atoms with E-state index >= 15 is 0 Å². The summed E-state index contributed by atoms with van der Waals surface area (Å²) in [5, 5.41) is 4.38. The Morgan fingerprint density at radius 2 is 1.95 bits per heavy atom. The van der Waals surface area contributed by atoms with Crippen LogP contribution >= 0.6 is 15.9 Å². The molecule has 0 radical (unpaired) electrons. The average Bonchev–Trinajstić information content (AvgIpc) is 2.48. The molecule has 1 aromatic heterocycles. The number of nitrogens with one attached hydrogen (secondary N) is 1. The Morgan fingerprint density at radius 3 is 2.76 bits per heavy atom. The summed E-state index contributed by atoms with van der Waals surface area (Å²) >= 11 is 3.16. The van der Waals surface area contributed by atoms with E-state index in [1.807, 2.05) is 31.2 Å². The van der Waals surface area contributed by atoms with E-state index in [1.165, 1.54) is 6.07 Å². The summed E-state index contributed by atoms with van der Waals surface area (Å²) < 4.78 is 14.0. The highest BCUT2D eigenvalue weighted by molar-refractivity contribution is 9.10. The van der Waals surface area contributed by atoms with Gasteiger partial charge in [-0.15, -0.1) is 0 Å². The van der Waals surface area contributed by atoms with Gasteiger partial charge < -0.3 is 5.32 Å². The first-order valence-corrected chi connectivity index (χ1v) is 7.47. The molecule has 0 unspecified atom stereocenters. The zero-order chi connectivity index (χ0) is 14.8. The highest BCUT2D eigenvalue weighted by atomic mass is 79.9. The van der Waals surface area contributed by atoms with Gasteiger partial charge in [-0.2, -0.15) is 0 Å². The predicted octanol–water partition coefficient (Wildman–Crippen LogP) is 5.06. The third-order valence-electron chi connectivity index (χ3n) is 3.33. The van der Waals surface area contributed by atoms with Gasteiger partial charge in [0.15, 0.2) is 0 Å². The predicted molar refractivity (Wildman–Crippen MR) is 87.9 cm³/mol. The topological polar surface area (TPSA) is 24.9 Å². The Labute approximate surface area is 131 Å². The molecule has 0 aliphatic heterocycles. The quantitative estimate of drug-likeness (QED) is 0.718. The molecule has 3 aromatic rings. The summed E-state index contributed by atoms with van der Waals surface area (Å²) in [6, 6.07) is 15.1. The van der Waals surface area contributed by atoms with Gasteiger partial charge in [-0.1, -0.05) is 18.2 Å². The van der Waals surface area contributed by atoms with Crippen LogP contribution in [0.1, 0.15) is 11.3 Å². The lowest BCUT2D eigenvalue weighted by Gasteiger charge is -2.10. The number of pyridine rings is 1. The van der Waals surface area contributed by atoms with Crippen molar-refractivity contribution in [1.29, 1.82) is 0 Å². The molecular formula is C17H14BrFN2. The molecule has 0 spiro atoms. The lowest BCUT2D eigenvalue weighted by Crippen LogP contribution is -2.02. The first kappa shape index (κ1) is 14.0. The normalized spacial score (nSPS) is 10.8. The van der Waals surface area contributed by atoms with Gasteiger partial charge >= 0.3 is 0 Å². The number of fused-ring (bicyclic) bond motifs is 1. The van der Waals surface area contributed by atoms with Crippen LogP contribution in [0.3, 0.4) is 0 Å². The fourth-order valence-electron chi connectivity index (χ4n) is 2.34. The lowest BCUT2D eigenvalue weighted by atomic mass is 10.1. The van der Waals surface area contributed by atoms with E-state index in [1.54, 1.807) is 6.07 Å². The van der Waals surface area contributed by atoms with Crippen LogP contribution in [-0.2, 0) is 6.54 Å². The molecule has 0 fully saturated rings.